The maximum Gasteiger partial charge on any atom is 0.349 e. The van der Waals surface area contributed by atoms with Crippen LogP contribution in [-0.2, 0) is 20.3 Å². The summed E-state index contributed by atoms with van der Waals surface area (Å²) in [5.41, 5.74) is 2.54. The van der Waals surface area contributed by atoms with Crippen molar-refractivity contribution in [1.29, 1.82) is 0 Å². The van der Waals surface area contributed by atoms with Crippen molar-refractivity contribution < 1.29 is 27.8 Å². The topological polar surface area (TPSA) is 107 Å². The predicted octanol–water partition coefficient (Wildman–Crippen LogP) is 4.24. The molecule has 2 heterocycles. The quantitative estimate of drug-likeness (QED) is 0.389. The van der Waals surface area contributed by atoms with E-state index < -0.39 is 15.8 Å². The monoisotopic (exact) mass is 486 g/mol. The van der Waals surface area contributed by atoms with Gasteiger partial charge >= 0.3 is 5.97 Å². The van der Waals surface area contributed by atoms with E-state index in [-0.39, 0.29) is 28.8 Å². The second kappa shape index (κ2) is 8.87. The van der Waals surface area contributed by atoms with Gasteiger partial charge in [0.15, 0.2) is 14.8 Å². The number of nitrogens with zero attached hydrogens (tertiary/aromatic N) is 2. The third kappa shape index (κ3) is 4.44. The number of phenols is 1. The molecule has 4 aromatic rings. The number of methoxy groups -OCH3 is 1. The molecule has 0 saturated carbocycles. The van der Waals surface area contributed by atoms with Gasteiger partial charge in [-0.15, -0.1) is 0 Å². The molecule has 0 spiro atoms. The van der Waals surface area contributed by atoms with E-state index >= 15 is 0 Å². The second-order valence-electron chi connectivity index (χ2n) is 7.31. The molecule has 4 rings (SSSR count). The van der Waals surface area contributed by atoms with E-state index in [1.54, 1.807) is 47.9 Å². The van der Waals surface area contributed by atoms with E-state index in [2.05, 4.69) is 4.98 Å². The maximum atomic E-state index is 13.3. The molecule has 172 valence electrons. The van der Waals surface area contributed by atoms with Crippen LogP contribution in [0.15, 0.2) is 53.6 Å². The summed E-state index contributed by atoms with van der Waals surface area (Å²) in [6.07, 6.45) is 1.65. The fraction of sp³-hybridized carbons (Fsp3) is 0.217. The van der Waals surface area contributed by atoms with Crippen LogP contribution in [0.1, 0.15) is 27.9 Å². The van der Waals surface area contributed by atoms with Crippen LogP contribution in [0.4, 0.5) is 0 Å². The van der Waals surface area contributed by atoms with E-state index in [9.17, 15) is 18.3 Å². The molecule has 1 N–H and O–H groups in total. The molecule has 0 bridgehead atoms. The summed E-state index contributed by atoms with van der Waals surface area (Å²) in [7, 11) is -2.35. The van der Waals surface area contributed by atoms with Gasteiger partial charge in [0.05, 0.1) is 30.9 Å². The molecule has 0 unspecified atom stereocenters. The Morgan fingerprint density at radius 2 is 1.91 bits per heavy atom. The highest BCUT2D eigenvalue weighted by Gasteiger charge is 2.24. The first-order valence-corrected chi connectivity index (χ1v) is 12.5. The van der Waals surface area contributed by atoms with Gasteiger partial charge in [0.1, 0.15) is 21.3 Å². The fourth-order valence-corrected chi connectivity index (χ4v) is 6.03. The molecule has 0 aliphatic heterocycles. The Bertz CT molecular complexity index is 1440. The molecular weight excluding hydrogens is 464 g/mol. The number of imidazole rings is 1. The molecule has 0 amide bonds. The van der Waals surface area contributed by atoms with E-state index in [0.29, 0.717) is 32.4 Å². The number of ether oxygens (including phenoxy) is 2. The normalized spacial score (nSPS) is 11.6. The first-order valence-electron chi connectivity index (χ1n) is 10.1. The molecule has 0 atom stereocenters. The number of thiazole rings is 1. The highest BCUT2D eigenvalue weighted by molar-refractivity contribution is 7.90. The van der Waals surface area contributed by atoms with Crippen molar-refractivity contribution in [3.05, 3.63) is 64.8 Å². The number of esters is 1. The van der Waals surface area contributed by atoms with Crippen LogP contribution in [-0.4, -0.2) is 42.6 Å². The minimum atomic E-state index is -3.77. The maximum absolute atomic E-state index is 13.3. The summed E-state index contributed by atoms with van der Waals surface area (Å²) >= 11 is 1.21. The average Bonchev–Trinajstić information content (AvgIpc) is 3.31. The molecule has 2 aromatic carbocycles. The highest BCUT2D eigenvalue weighted by Crippen LogP contribution is 2.35. The van der Waals surface area contributed by atoms with E-state index in [0.717, 1.165) is 0 Å². The molecule has 8 nitrogen and oxygen atoms in total. The van der Waals surface area contributed by atoms with Crippen molar-refractivity contribution in [1.82, 2.24) is 9.38 Å². The molecule has 0 aliphatic carbocycles. The first kappa shape index (κ1) is 22.8. The molecule has 0 aliphatic rings. The molecule has 10 heteroatoms. The lowest BCUT2D eigenvalue weighted by molar-refractivity contribution is 0.0531. The number of aromatic nitrogens is 2. The van der Waals surface area contributed by atoms with Gasteiger partial charge in [-0.05, 0) is 49.7 Å². The molecule has 33 heavy (non-hydrogen) atoms. The fourth-order valence-electron chi connectivity index (χ4n) is 3.55. The van der Waals surface area contributed by atoms with E-state index in [4.69, 9.17) is 9.47 Å². The number of carbonyl (C=O) groups is 1. The number of phenolic OH excluding ortho intramolecular Hbond substituents is 1. The number of hydrogen-bond donors (Lipinski definition) is 1. The standard InChI is InChI=1S/C23H22N2O6S2/c1-4-31-22(27)19-12-25-21(14(2)24-23(25)32-19)16-7-10-18(30-3)20(11-16)33(28,29)13-15-5-8-17(26)9-6-15/h5-12,26H,4,13H2,1-3H3. The lowest BCUT2D eigenvalue weighted by atomic mass is 10.1. The van der Waals surface area contributed by atoms with Crippen LogP contribution in [0.2, 0.25) is 0 Å². The van der Waals surface area contributed by atoms with Crippen molar-refractivity contribution in [2.75, 3.05) is 13.7 Å². The molecule has 0 radical (unpaired) electrons. The predicted molar refractivity (Wildman–Crippen MR) is 125 cm³/mol. The van der Waals surface area contributed by atoms with Crippen LogP contribution in [0.25, 0.3) is 16.2 Å². The van der Waals surface area contributed by atoms with Gasteiger partial charge in [0.25, 0.3) is 0 Å². The van der Waals surface area contributed by atoms with Crippen LogP contribution in [0.5, 0.6) is 11.5 Å². The lowest BCUT2D eigenvalue weighted by Gasteiger charge is -2.12. The average molecular weight is 487 g/mol. The molecule has 2 aromatic heterocycles. The third-order valence-electron chi connectivity index (χ3n) is 5.04. The van der Waals surface area contributed by atoms with Gasteiger partial charge < -0.3 is 14.6 Å². The Morgan fingerprint density at radius 1 is 1.18 bits per heavy atom. The zero-order valence-electron chi connectivity index (χ0n) is 18.2. The van der Waals surface area contributed by atoms with Crippen LogP contribution >= 0.6 is 11.3 Å². The minimum absolute atomic E-state index is 0.0470. The molecule has 0 saturated heterocycles. The van der Waals surface area contributed by atoms with Crippen molar-refractivity contribution >= 4 is 32.1 Å². The lowest BCUT2D eigenvalue weighted by Crippen LogP contribution is -2.07. The molecular formula is C23H22N2O6S2. The van der Waals surface area contributed by atoms with Gasteiger partial charge in [-0.25, -0.2) is 18.2 Å². The zero-order chi connectivity index (χ0) is 23.8. The van der Waals surface area contributed by atoms with E-state index in [1.807, 2.05) is 6.92 Å². The highest BCUT2D eigenvalue weighted by atomic mass is 32.2. The summed E-state index contributed by atoms with van der Waals surface area (Å²) in [6.45, 7) is 3.84. The number of aryl methyl sites for hydroxylation is 1. The number of fused-ring (bicyclic) bond motifs is 1. The van der Waals surface area contributed by atoms with Crippen molar-refractivity contribution in [3.63, 3.8) is 0 Å². The number of hydrogen-bond acceptors (Lipinski definition) is 8. The minimum Gasteiger partial charge on any atom is -0.508 e. The van der Waals surface area contributed by atoms with Gasteiger partial charge in [0.2, 0.25) is 0 Å². The summed E-state index contributed by atoms with van der Waals surface area (Å²) in [6, 6.07) is 11.0. The van der Waals surface area contributed by atoms with Crippen molar-refractivity contribution in [2.45, 2.75) is 24.5 Å². The Morgan fingerprint density at radius 3 is 2.58 bits per heavy atom. The Kier molecular flexibility index (Phi) is 6.13. The summed E-state index contributed by atoms with van der Waals surface area (Å²) in [5.74, 6) is -0.384. The van der Waals surface area contributed by atoms with Crippen molar-refractivity contribution in [3.8, 4) is 22.8 Å². The van der Waals surface area contributed by atoms with E-state index in [1.165, 1.54) is 30.6 Å². The Hall–Kier alpha value is -3.37. The van der Waals surface area contributed by atoms with Gasteiger partial charge in [-0.3, -0.25) is 4.40 Å². The number of aromatic hydroxyl groups is 1. The number of benzene rings is 2. The van der Waals surface area contributed by atoms with Crippen LogP contribution in [0, 0.1) is 6.92 Å². The van der Waals surface area contributed by atoms with Crippen molar-refractivity contribution in [2.24, 2.45) is 0 Å². The Labute approximate surface area is 195 Å². The van der Waals surface area contributed by atoms with Gasteiger partial charge in [-0.2, -0.15) is 0 Å². The number of carbonyl (C=O) groups excluding carboxylic acids is 1. The molecule has 0 fully saturated rings. The smallest absolute Gasteiger partial charge is 0.349 e. The largest absolute Gasteiger partial charge is 0.508 e. The van der Waals surface area contributed by atoms with Gasteiger partial charge in [0, 0.05) is 11.8 Å². The van der Waals surface area contributed by atoms with Gasteiger partial charge in [-0.1, -0.05) is 23.5 Å². The first-order chi connectivity index (χ1) is 15.7. The SMILES string of the molecule is CCOC(=O)c1cn2c(-c3ccc(OC)c(S(=O)(=O)Cc4ccc(O)cc4)c3)c(C)nc2s1. The zero-order valence-corrected chi connectivity index (χ0v) is 19.9. The second-order valence-corrected chi connectivity index (χ2v) is 10.3. The third-order valence-corrected chi connectivity index (χ3v) is 7.71. The van der Waals surface area contributed by atoms with Crippen LogP contribution < -0.4 is 4.74 Å². The Balaban J connectivity index is 1.79. The summed E-state index contributed by atoms with van der Waals surface area (Å²) in [4.78, 5) is 17.7. The summed E-state index contributed by atoms with van der Waals surface area (Å²) in [5, 5.41) is 9.47. The summed E-state index contributed by atoms with van der Waals surface area (Å²) < 4.78 is 38.7. The number of sulfone groups is 1. The number of rotatable bonds is 7. The van der Waals surface area contributed by atoms with Crippen LogP contribution in [0.3, 0.4) is 0 Å².